The minimum Gasteiger partial charge on any atom is -0.363 e. The highest BCUT2D eigenvalue weighted by Gasteiger charge is 2.38. The van der Waals surface area contributed by atoms with Crippen molar-refractivity contribution in [1.82, 2.24) is 5.32 Å². The summed E-state index contributed by atoms with van der Waals surface area (Å²) in [5, 5.41) is 3.08. The van der Waals surface area contributed by atoms with E-state index in [4.69, 9.17) is 12.2 Å². The highest BCUT2D eigenvalue weighted by Crippen LogP contribution is 2.19. The van der Waals surface area contributed by atoms with Gasteiger partial charge in [-0.1, -0.05) is 40.3 Å². The van der Waals surface area contributed by atoms with E-state index in [0.29, 0.717) is 22.2 Å². The fourth-order valence-electron chi connectivity index (χ4n) is 1.91. The molecule has 0 amide bonds. The van der Waals surface area contributed by atoms with Crippen molar-refractivity contribution in [3.05, 3.63) is 35.6 Å². The van der Waals surface area contributed by atoms with Crippen LogP contribution in [0.3, 0.4) is 0 Å². The molecule has 1 aromatic rings. The van der Waals surface area contributed by atoms with Crippen LogP contribution in [-0.4, -0.2) is 26.4 Å². The van der Waals surface area contributed by atoms with Crippen LogP contribution in [0.2, 0.25) is 0 Å². The molecule has 1 unspecified atom stereocenters. The molecule has 7 heteroatoms. The number of halogens is 1. The topological polar surface area (TPSA) is 49.3 Å². The molecule has 2 atom stereocenters. The summed E-state index contributed by atoms with van der Waals surface area (Å²) in [6, 6.07) is 6.37. The quantitative estimate of drug-likeness (QED) is 0.662. The average Bonchev–Trinajstić information content (AvgIpc) is 2.66. The van der Waals surface area contributed by atoms with Crippen molar-refractivity contribution >= 4 is 38.5 Å². The summed E-state index contributed by atoms with van der Waals surface area (Å²) in [6.07, 6.45) is 0.663. The fraction of sp³-hybridized carbons (Fsp3) is 0.417. The molecule has 1 fully saturated rings. The predicted molar refractivity (Wildman–Crippen MR) is 82.2 cm³/mol. The van der Waals surface area contributed by atoms with E-state index in [2.05, 4.69) is 5.32 Å². The summed E-state index contributed by atoms with van der Waals surface area (Å²) < 4.78 is 34.4. The maximum atomic E-state index is 13.0. The number of thioether (sulfide) groups is 1. The van der Waals surface area contributed by atoms with Crippen LogP contribution in [0, 0.1) is 5.82 Å². The fourth-order valence-corrected chi connectivity index (χ4v) is 4.67. The third-order valence-electron chi connectivity index (χ3n) is 2.83. The first-order chi connectivity index (χ1) is 8.94. The Morgan fingerprint density at radius 2 is 2.42 bits per heavy atom. The molecule has 0 aliphatic carbocycles. The number of benzene rings is 1. The number of nitrogens with one attached hydrogen (secondary N) is 1. The summed E-state index contributed by atoms with van der Waals surface area (Å²) in [7, 11) is -2.64. The lowest BCUT2D eigenvalue weighted by Crippen LogP contribution is -2.33. The van der Waals surface area contributed by atoms with E-state index >= 15 is 0 Å². The molecule has 0 radical (unpaired) electrons. The summed E-state index contributed by atoms with van der Waals surface area (Å²) in [5.74, 6) is 0.924. The zero-order valence-corrected chi connectivity index (χ0v) is 12.6. The van der Waals surface area contributed by atoms with E-state index in [1.807, 2.05) is 6.07 Å². The van der Waals surface area contributed by atoms with Gasteiger partial charge in [0.25, 0.3) is 0 Å². The zero-order valence-electron chi connectivity index (χ0n) is 10.2. The van der Waals surface area contributed by atoms with Gasteiger partial charge in [-0.3, -0.25) is 0 Å². The van der Waals surface area contributed by atoms with Gasteiger partial charge < -0.3 is 5.32 Å². The molecule has 19 heavy (non-hydrogen) atoms. The highest BCUT2D eigenvalue weighted by molar-refractivity contribution is 8.22. The first-order valence-corrected chi connectivity index (χ1v) is 9.09. The van der Waals surface area contributed by atoms with E-state index in [9.17, 15) is 13.2 Å². The van der Waals surface area contributed by atoms with Gasteiger partial charge in [-0.15, -0.1) is 0 Å². The number of hydrogen-bond acceptors (Lipinski definition) is 3. The molecule has 1 aromatic carbocycles. The Hall–Kier alpha value is -0.500. The molecule has 0 spiro atoms. The predicted octanol–water partition coefficient (Wildman–Crippen LogP) is 2.68. The zero-order chi connectivity index (χ0) is 13.9. The lowest BCUT2D eigenvalue weighted by molar-refractivity contribution is 0.502. The van der Waals surface area contributed by atoms with E-state index < -0.39 is 10.2 Å². The van der Waals surface area contributed by atoms with Crippen molar-refractivity contribution in [2.75, 3.05) is 11.5 Å². The second-order valence-electron chi connectivity index (χ2n) is 4.48. The molecule has 0 saturated carbocycles. The smallest absolute Gasteiger partial charge is 0.216 e. The van der Waals surface area contributed by atoms with Gasteiger partial charge in [0.1, 0.15) is 15.9 Å². The number of hydrogen-bond donors (Lipinski definition) is 2. The lowest BCUT2D eigenvalue weighted by Gasteiger charge is -2.11. The third-order valence-corrected chi connectivity index (χ3v) is 5.95. The highest BCUT2D eigenvalue weighted by atomic mass is 32.3. The van der Waals surface area contributed by atoms with Gasteiger partial charge in [-0.25, -0.2) is 4.39 Å². The van der Waals surface area contributed by atoms with Crippen LogP contribution in [0.4, 0.5) is 4.39 Å². The second kappa shape index (κ2) is 6.30. The first kappa shape index (κ1) is 14.9. The van der Waals surface area contributed by atoms with E-state index in [-0.39, 0.29) is 17.6 Å². The molecule has 2 N–H and O–H groups in total. The Morgan fingerprint density at radius 1 is 1.63 bits per heavy atom. The van der Waals surface area contributed by atoms with Crippen LogP contribution in [0.1, 0.15) is 12.0 Å². The Bertz CT molecular complexity index is 523. The summed E-state index contributed by atoms with van der Waals surface area (Å²) >= 11 is 6.59. The first-order valence-electron chi connectivity index (χ1n) is 5.84. The molecule has 0 bridgehead atoms. The van der Waals surface area contributed by atoms with Gasteiger partial charge in [0.15, 0.2) is 5.75 Å². The molecule has 0 aromatic heterocycles. The maximum Gasteiger partial charge on any atom is 0.216 e. The van der Waals surface area contributed by atoms with Crippen LogP contribution >= 0.6 is 24.0 Å². The summed E-state index contributed by atoms with van der Waals surface area (Å²) in [4.78, 5) is 0. The van der Waals surface area contributed by atoms with Gasteiger partial charge in [0.05, 0.1) is 6.04 Å². The molecule has 1 aliphatic heterocycles. The normalized spacial score (nSPS) is 26.3. The monoisotopic (exact) mass is 320 g/mol. The van der Waals surface area contributed by atoms with Crippen molar-refractivity contribution in [3.8, 4) is 0 Å². The second-order valence-corrected chi connectivity index (χ2v) is 8.42. The van der Waals surface area contributed by atoms with Crippen LogP contribution in [0.25, 0.3) is 0 Å². The van der Waals surface area contributed by atoms with Crippen molar-refractivity contribution in [2.24, 2.45) is 0 Å². The Balaban J connectivity index is 1.78. The van der Waals surface area contributed by atoms with E-state index in [1.54, 1.807) is 6.07 Å². The van der Waals surface area contributed by atoms with Crippen molar-refractivity contribution < 1.29 is 13.2 Å². The average molecular weight is 320 g/mol. The van der Waals surface area contributed by atoms with E-state index in [0.717, 1.165) is 5.56 Å². The maximum absolute atomic E-state index is 13.0. The van der Waals surface area contributed by atoms with Gasteiger partial charge >= 0.3 is 0 Å². The molecule has 3 nitrogen and oxygen atoms in total. The summed E-state index contributed by atoms with van der Waals surface area (Å²) in [6.45, 7) is 0. The standard InChI is InChI=1S/C12H14FNO2S3/c13-10-3-1-2-9(6-10)7-18-12(17)14-11-4-5-19(15,16)8-11/h1-3,6,11H,4-5,7-8H2,(H-,14,15,16,17)/p+1/t11-/m0/s1. The summed E-state index contributed by atoms with van der Waals surface area (Å²) in [5.41, 5.74) is 0.867. The van der Waals surface area contributed by atoms with Crippen molar-refractivity contribution in [2.45, 2.75) is 18.2 Å². The van der Waals surface area contributed by atoms with Crippen LogP contribution in [0.15, 0.2) is 24.3 Å². The minimum absolute atomic E-state index is 0.0231. The van der Waals surface area contributed by atoms with Gasteiger partial charge in [-0.2, -0.15) is 4.55 Å². The Morgan fingerprint density at radius 3 is 3.05 bits per heavy atom. The molecule has 1 saturated heterocycles. The lowest BCUT2D eigenvalue weighted by atomic mass is 10.2. The molecule has 1 aliphatic rings. The Labute approximate surface area is 122 Å². The van der Waals surface area contributed by atoms with Crippen LogP contribution in [-0.2, 0) is 20.2 Å². The van der Waals surface area contributed by atoms with Gasteiger partial charge in [0, 0.05) is 12.2 Å². The molecule has 104 valence electrons. The minimum atomic E-state index is -2.64. The SMILES string of the molecule is O=[S+]1(O)CC[C@H](NC(=S)SCc2cccc(F)c2)C1. The van der Waals surface area contributed by atoms with E-state index in [1.165, 1.54) is 23.9 Å². The molecule has 1 heterocycles. The third kappa shape index (κ3) is 4.83. The van der Waals surface area contributed by atoms with Crippen LogP contribution < -0.4 is 5.32 Å². The molecular weight excluding hydrogens is 305 g/mol. The van der Waals surface area contributed by atoms with Crippen LogP contribution in [0.5, 0.6) is 0 Å². The number of thiocarbonyl (C=S) groups is 1. The van der Waals surface area contributed by atoms with Gasteiger partial charge in [-0.05, 0) is 17.7 Å². The van der Waals surface area contributed by atoms with Gasteiger partial charge in [0.2, 0.25) is 10.2 Å². The largest absolute Gasteiger partial charge is 0.363 e. The van der Waals surface area contributed by atoms with Crippen molar-refractivity contribution in [3.63, 3.8) is 0 Å². The van der Waals surface area contributed by atoms with Crippen molar-refractivity contribution in [1.29, 1.82) is 0 Å². The molecule has 2 rings (SSSR count). The Kier molecular flexibility index (Phi) is 4.94. The molecular formula is C12H15FNO2S3+. The number of rotatable bonds is 3.